The van der Waals surface area contributed by atoms with Crippen LogP contribution in [0.2, 0.25) is 0 Å². The van der Waals surface area contributed by atoms with Gasteiger partial charge in [0.1, 0.15) is 5.82 Å². The predicted molar refractivity (Wildman–Crippen MR) is 98.3 cm³/mol. The van der Waals surface area contributed by atoms with Gasteiger partial charge in [-0.25, -0.2) is 4.39 Å². The molecule has 1 unspecified atom stereocenters. The van der Waals surface area contributed by atoms with Crippen LogP contribution in [0.5, 0.6) is 0 Å². The first kappa shape index (κ1) is 18.8. The molecular weight excluding hydrogens is 333 g/mol. The first-order valence-electron chi connectivity index (χ1n) is 9.69. The molecule has 1 aromatic rings. The van der Waals surface area contributed by atoms with E-state index < -0.39 is 11.7 Å². The standard InChI is InChI=1S/C20H28FN3O2/c21-18-10-6-5-9-17(18)20(26)22-13-19(25)23-15-11-12-24(14-15)16-7-3-1-2-4-8-16/h5-6,9-10,15-16H,1-4,7-8,11-14H2,(H,22,26)(H,23,25). The van der Waals surface area contributed by atoms with E-state index in [2.05, 4.69) is 15.5 Å². The van der Waals surface area contributed by atoms with Crippen LogP contribution in [0.4, 0.5) is 4.39 Å². The van der Waals surface area contributed by atoms with Crippen molar-refractivity contribution in [2.24, 2.45) is 0 Å². The van der Waals surface area contributed by atoms with Gasteiger partial charge >= 0.3 is 0 Å². The molecule has 2 amide bonds. The summed E-state index contributed by atoms with van der Waals surface area (Å²) in [5, 5.41) is 5.49. The highest BCUT2D eigenvalue weighted by molar-refractivity contribution is 5.96. The van der Waals surface area contributed by atoms with Crippen LogP contribution in [0.3, 0.4) is 0 Å². The number of carbonyl (C=O) groups is 2. The Bertz CT molecular complexity index is 629. The van der Waals surface area contributed by atoms with Crippen LogP contribution in [0.15, 0.2) is 24.3 Å². The van der Waals surface area contributed by atoms with Gasteiger partial charge in [0, 0.05) is 25.2 Å². The van der Waals surface area contributed by atoms with Crippen LogP contribution in [0, 0.1) is 5.82 Å². The van der Waals surface area contributed by atoms with Crippen LogP contribution in [-0.2, 0) is 4.79 Å². The number of benzene rings is 1. The van der Waals surface area contributed by atoms with E-state index >= 15 is 0 Å². The lowest BCUT2D eigenvalue weighted by Gasteiger charge is -2.26. The number of nitrogens with zero attached hydrogens (tertiary/aromatic N) is 1. The maximum atomic E-state index is 13.6. The van der Waals surface area contributed by atoms with Gasteiger partial charge in [-0.2, -0.15) is 0 Å². The summed E-state index contributed by atoms with van der Waals surface area (Å²) in [7, 11) is 0. The van der Waals surface area contributed by atoms with E-state index in [1.54, 1.807) is 6.07 Å². The van der Waals surface area contributed by atoms with Gasteiger partial charge in [0.25, 0.3) is 5.91 Å². The van der Waals surface area contributed by atoms with Gasteiger partial charge < -0.3 is 10.6 Å². The van der Waals surface area contributed by atoms with Gasteiger partial charge in [0.05, 0.1) is 12.1 Å². The molecule has 3 rings (SSSR count). The zero-order chi connectivity index (χ0) is 18.4. The normalized spacial score (nSPS) is 22.0. The highest BCUT2D eigenvalue weighted by Crippen LogP contribution is 2.25. The van der Waals surface area contributed by atoms with Gasteiger partial charge in [0.15, 0.2) is 0 Å². The van der Waals surface area contributed by atoms with Crippen molar-refractivity contribution < 1.29 is 14.0 Å². The molecule has 1 aromatic carbocycles. The molecule has 0 bridgehead atoms. The summed E-state index contributed by atoms with van der Waals surface area (Å²) in [5.41, 5.74) is -0.0410. The topological polar surface area (TPSA) is 61.4 Å². The maximum absolute atomic E-state index is 13.6. The minimum Gasteiger partial charge on any atom is -0.350 e. The van der Waals surface area contributed by atoms with Gasteiger partial charge in [-0.05, 0) is 31.4 Å². The fourth-order valence-electron chi connectivity index (χ4n) is 4.04. The van der Waals surface area contributed by atoms with Crippen molar-refractivity contribution in [1.29, 1.82) is 0 Å². The summed E-state index contributed by atoms with van der Waals surface area (Å²) in [6.07, 6.45) is 8.77. The quantitative estimate of drug-likeness (QED) is 0.792. The minimum absolute atomic E-state index is 0.0410. The Hall–Kier alpha value is -1.95. The Labute approximate surface area is 154 Å². The molecule has 2 N–H and O–H groups in total. The third-order valence-electron chi connectivity index (χ3n) is 5.45. The second-order valence-electron chi connectivity index (χ2n) is 7.36. The molecule has 1 atom stereocenters. The lowest BCUT2D eigenvalue weighted by molar-refractivity contribution is -0.120. The van der Waals surface area contributed by atoms with Crippen LogP contribution >= 0.6 is 0 Å². The molecule has 6 heteroatoms. The molecule has 1 saturated heterocycles. The second-order valence-corrected chi connectivity index (χ2v) is 7.36. The van der Waals surface area contributed by atoms with Crippen molar-refractivity contribution >= 4 is 11.8 Å². The average molecular weight is 361 g/mol. The van der Waals surface area contributed by atoms with E-state index in [9.17, 15) is 14.0 Å². The van der Waals surface area contributed by atoms with E-state index in [-0.39, 0.29) is 24.1 Å². The molecular formula is C20H28FN3O2. The molecule has 2 aliphatic rings. The smallest absolute Gasteiger partial charge is 0.254 e. The number of amides is 2. The molecule has 5 nitrogen and oxygen atoms in total. The van der Waals surface area contributed by atoms with Gasteiger partial charge in [-0.1, -0.05) is 37.8 Å². The van der Waals surface area contributed by atoms with E-state index in [0.29, 0.717) is 6.04 Å². The molecule has 0 radical (unpaired) electrons. The van der Waals surface area contributed by atoms with Crippen molar-refractivity contribution in [3.63, 3.8) is 0 Å². The van der Waals surface area contributed by atoms with Crippen molar-refractivity contribution in [1.82, 2.24) is 15.5 Å². The molecule has 1 aliphatic heterocycles. The number of rotatable bonds is 5. The number of likely N-dealkylation sites (tertiary alicyclic amines) is 1. The number of hydrogen-bond acceptors (Lipinski definition) is 3. The van der Waals surface area contributed by atoms with Crippen molar-refractivity contribution in [2.45, 2.75) is 57.0 Å². The highest BCUT2D eigenvalue weighted by Gasteiger charge is 2.29. The molecule has 0 spiro atoms. The Kier molecular flexibility index (Phi) is 6.61. The van der Waals surface area contributed by atoms with E-state index in [4.69, 9.17) is 0 Å². The number of halogens is 1. The second kappa shape index (κ2) is 9.12. The van der Waals surface area contributed by atoms with Crippen molar-refractivity contribution in [3.05, 3.63) is 35.6 Å². The first-order valence-corrected chi connectivity index (χ1v) is 9.69. The third kappa shape index (κ3) is 5.04. The molecule has 1 aliphatic carbocycles. The molecule has 2 fully saturated rings. The van der Waals surface area contributed by atoms with Crippen LogP contribution in [-0.4, -0.2) is 48.4 Å². The largest absolute Gasteiger partial charge is 0.350 e. The lowest BCUT2D eigenvalue weighted by Crippen LogP contribution is -2.44. The Morgan fingerprint density at radius 2 is 1.81 bits per heavy atom. The summed E-state index contributed by atoms with van der Waals surface area (Å²) in [5.74, 6) is -1.37. The van der Waals surface area contributed by atoms with Gasteiger partial charge in [-0.3, -0.25) is 14.5 Å². The van der Waals surface area contributed by atoms with E-state index in [1.165, 1.54) is 56.7 Å². The molecule has 1 heterocycles. The summed E-state index contributed by atoms with van der Waals surface area (Å²) in [6, 6.07) is 6.55. The predicted octanol–water partition coefficient (Wildman–Crippen LogP) is 2.47. The van der Waals surface area contributed by atoms with E-state index in [0.717, 1.165) is 19.5 Å². The Morgan fingerprint density at radius 3 is 2.54 bits per heavy atom. The van der Waals surface area contributed by atoms with Crippen LogP contribution in [0.1, 0.15) is 55.3 Å². The number of nitrogens with one attached hydrogen (secondary N) is 2. The fourth-order valence-corrected chi connectivity index (χ4v) is 4.04. The zero-order valence-corrected chi connectivity index (χ0v) is 15.2. The first-order chi connectivity index (χ1) is 12.6. The molecule has 0 aromatic heterocycles. The highest BCUT2D eigenvalue weighted by atomic mass is 19.1. The maximum Gasteiger partial charge on any atom is 0.254 e. The van der Waals surface area contributed by atoms with Crippen LogP contribution in [0.25, 0.3) is 0 Å². The summed E-state index contributed by atoms with van der Waals surface area (Å²) in [6.45, 7) is 1.78. The van der Waals surface area contributed by atoms with E-state index in [1.807, 2.05) is 0 Å². The van der Waals surface area contributed by atoms with Gasteiger partial charge in [-0.15, -0.1) is 0 Å². The third-order valence-corrected chi connectivity index (χ3v) is 5.45. The SMILES string of the molecule is O=C(CNC(=O)c1ccccc1F)NC1CCN(C2CCCCCC2)C1. The van der Waals surface area contributed by atoms with Crippen molar-refractivity contribution in [3.8, 4) is 0 Å². The number of hydrogen-bond donors (Lipinski definition) is 2. The monoisotopic (exact) mass is 361 g/mol. The zero-order valence-electron chi connectivity index (χ0n) is 15.2. The number of carbonyl (C=O) groups excluding carboxylic acids is 2. The van der Waals surface area contributed by atoms with Gasteiger partial charge in [0.2, 0.25) is 5.91 Å². The van der Waals surface area contributed by atoms with Crippen molar-refractivity contribution in [2.75, 3.05) is 19.6 Å². The minimum atomic E-state index is -0.583. The summed E-state index contributed by atoms with van der Waals surface area (Å²) < 4.78 is 13.6. The Morgan fingerprint density at radius 1 is 1.08 bits per heavy atom. The molecule has 142 valence electrons. The summed E-state index contributed by atoms with van der Waals surface area (Å²) in [4.78, 5) is 26.6. The summed E-state index contributed by atoms with van der Waals surface area (Å²) >= 11 is 0. The molecule has 1 saturated carbocycles. The fraction of sp³-hybridized carbons (Fsp3) is 0.600. The average Bonchev–Trinajstić information content (AvgIpc) is 2.92. The Balaban J connectivity index is 1.41. The lowest BCUT2D eigenvalue weighted by atomic mass is 10.1. The molecule has 26 heavy (non-hydrogen) atoms. The van der Waals surface area contributed by atoms with Crippen LogP contribution < -0.4 is 10.6 Å².